The topological polar surface area (TPSA) is 96.9 Å². The zero-order chi connectivity index (χ0) is 25.7. The van der Waals surface area contributed by atoms with Crippen LogP contribution in [0.15, 0.2) is 54.1 Å². The van der Waals surface area contributed by atoms with Gasteiger partial charge in [0.05, 0.1) is 24.9 Å². The average Bonchev–Trinajstić information content (AvgIpc) is 3.35. The minimum Gasteiger partial charge on any atom is -0.493 e. The van der Waals surface area contributed by atoms with Crippen molar-refractivity contribution in [2.75, 3.05) is 6.61 Å². The number of rotatable bonds is 10. The van der Waals surface area contributed by atoms with Crippen LogP contribution in [-0.4, -0.2) is 47.9 Å². The van der Waals surface area contributed by atoms with Crippen molar-refractivity contribution in [3.63, 3.8) is 0 Å². The van der Waals surface area contributed by atoms with Crippen molar-refractivity contribution < 1.29 is 24.2 Å². The molecule has 1 aliphatic carbocycles. The van der Waals surface area contributed by atoms with Crippen LogP contribution in [0.4, 0.5) is 0 Å². The molecule has 0 radical (unpaired) electrons. The molecule has 36 heavy (non-hydrogen) atoms. The zero-order valence-corrected chi connectivity index (χ0v) is 21.3. The fourth-order valence-corrected chi connectivity index (χ4v) is 4.98. The Morgan fingerprint density at radius 1 is 1.11 bits per heavy atom. The van der Waals surface area contributed by atoms with E-state index >= 15 is 0 Å². The summed E-state index contributed by atoms with van der Waals surface area (Å²) in [7, 11) is 0. The van der Waals surface area contributed by atoms with Gasteiger partial charge in [0.1, 0.15) is 5.75 Å². The minimum absolute atomic E-state index is 0.00605. The molecular formula is C29H36N2O5. The van der Waals surface area contributed by atoms with Crippen LogP contribution in [0, 0.1) is 0 Å². The van der Waals surface area contributed by atoms with E-state index in [-0.39, 0.29) is 24.1 Å². The van der Waals surface area contributed by atoms with Crippen molar-refractivity contribution in [2.45, 2.75) is 77.3 Å². The molecule has 0 unspecified atom stereocenters. The maximum atomic E-state index is 12.0. The highest BCUT2D eigenvalue weighted by Crippen LogP contribution is 2.31. The number of fused-ring (bicyclic) bond motifs is 1. The summed E-state index contributed by atoms with van der Waals surface area (Å²) in [4.78, 5) is 23.9. The minimum atomic E-state index is -0.955. The number of carbonyl (C=O) groups excluding carboxylic acids is 1. The summed E-state index contributed by atoms with van der Waals surface area (Å²) in [5.41, 5.74) is 4.86. The van der Waals surface area contributed by atoms with Crippen LogP contribution in [0.2, 0.25) is 0 Å². The first kappa shape index (κ1) is 25.9. The second-order valence-electron chi connectivity index (χ2n) is 9.57. The highest BCUT2D eigenvalue weighted by atomic mass is 16.5. The third-order valence-electron chi connectivity index (χ3n) is 7.05. The summed E-state index contributed by atoms with van der Waals surface area (Å²) >= 11 is 0. The molecule has 192 valence electrons. The normalized spacial score (nSPS) is 21.0. The number of ether oxygens (including phenoxy) is 2. The first-order valence-electron chi connectivity index (χ1n) is 12.8. The average molecular weight is 493 g/mol. The molecule has 2 aromatic rings. The van der Waals surface area contributed by atoms with Crippen LogP contribution in [0.25, 0.3) is 11.1 Å². The smallest absolute Gasteiger partial charge is 0.331 e. The first-order chi connectivity index (χ1) is 17.4. The molecule has 0 saturated carbocycles. The molecule has 2 aromatic carbocycles. The van der Waals surface area contributed by atoms with Crippen molar-refractivity contribution >= 4 is 11.9 Å². The lowest BCUT2D eigenvalue weighted by Crippen LogP contribution is -2.58. The Morgan fingerprint density at radius 3 is 2.50 bits per heavy atom. The van der Waals surface area contributed by atoms with E-state index in [0.717, 1.165) is 48.3 Å². The van der Waals surface area contributed by atoms with Gasteiger partial charge in [-0.25, -0.2) is 4.79 Å². The van der Waals surface area contributed by atoms with Crippen LogP contribution in [0.5, 0.6) is 5.75 Å². The number of nitrogens with one attached hydrogen (secondary N) is 2. The number of aliphatic carboxylic acids is 1. The van der Waals surface area contributed by atoms with Gasteiger partial charge in [-0.05, 0) is 53.7 Å². The molecule has 3 atom stereocenters. The van der Waals surface area contributed by atoms with Gasteiger partial charge in [0.25, 0.3) is 0 Å². The number of benzene rings is 2. The highest BCUT2D eigenvalue weighted by molar-refractivity contribution is 5.87. The van der Waals surface area contributed by atoms with E-state index in [9.17, 15) is 14.7 Å². The van der Waals surface area contributed by atoms with Gasteiger partial charge in [-0.3, -0.25) is 4.79 Å². The van der Waals surface area contributed by atoms with Crippen LogP contribution in [-0.2, 0) is 27.3 Å². The maximum Gasteiger partial charge on any atom is 0.331 e. The predicted octanol–water partition coefficient (Wildman–Crippen LogP) is 4.24. The van der Waals surface area contributed by atoms with Gasteiger partial charge in [-0.2, -0.15) is 0 Å². The molecule has 0 aromatic heterocycles. The molecule has 1 heterocycles. The second kappa shape index (κ2) is 11.7. The fourth-order valence-electron chi connectivity index (χ4n) is 4.98. The molecule has 4 rings (SSSR count). The van der Waals surface area contributed by atoms with Crippen LogP contribution in [0.1, 0.15) is 51.2 Å². The Bertz CT molecular complexity index is 1110. The highest BCUT2D eigenvalue weighted by Gasteiger charge is 2.37. The van der Waals surface area contributed by atoms with Gasteiger partial charge >= 0.3 is 5.97 Å². The summed E-state index contributed by atoms with van der Waals surface area (Å²) in [6.07, 6.45) is 4.04. The van der Waals surface area contributed by atoms with Crippen molar-refractivity contribution in [3.05, 3.63) is 65.2 Å². The monoisotopic (exact) mass is 492 g/mol. The molecule has 0 saturated heterocycles. The first-order valence-corrected chi connectivity index (χ1v) is 12.8. The van der Waals surface area contributed by atoms with E-state index < -0.39 is 12.1 Å². The lowest BCUT2D eigenvalue weighted by atomic mass is 9.87. The SMILES string of the molecule is CCC(CC)O[C@@H]1C=C(C(=O)O)C[C@H](NCc2ccc(-c3ccc4c(c3)OCC4)cc2)[C@H]1NC(C)=O. The summed E-state index contributed by atoms with van der Waals surface area (Å²) in [6, 6.07) is 14.0. The van der Waals surface area contributed by atoms with E-state index in [1.54, 1.807) is 6.08 Å². The lowest BCUT2D eigenvalue weighted by molar-refractivity contribution is -0.133. The number of carboxylic acid groups (broad SMARTS) is 1. The van der Waals surface area contributed by atoms with Crippen LogP contribution in [0.3, 0.4) is 0 Å². The van der Waals surface area contributed by atoms with Gasteiger partial charge in [0, 0.05) is 31.5 Å². The molecule has 0 spiro atoms. The summed E-state index contributed by atoms with van der Waals surface area (Å²) in [5.74, 6) is -0.157. The van der Waals surface area contributed by atoms with Crippen molar-refractivity contribution in [1.29, 1.82) is 0 Å². The number of amides is 1. The quantitative estimate of drug-likeness (QED) is 0.459. The molecule has 7 heteroatoms. The lowest BCUT2D eigenvalue weighted by Gasteiger charge is -2.38. The van der Waals surface area contributed by atoms with Crippen molar-refractivity contribution in [3.8, 4) is 16.9 Å². The Morgan fingerprint density at radius 2 is 1.83 bits per heavy atom. The van der Waals surface area contributed by atoms with Crippen molar-refractivity contribution in [1.82, 2.24) is 10.6 Å². The van der Waals surface area contributed by atoms with Gasteiger partial charge in [-0.1, -0.05) is 50.2 Å². The third kappa shape index (κ3) is 6.15. The molecule has 7 nitrogen and oxygen atoms in total. The maximum absolute atomic E-state index is 12.0. The van der Waals surface area contributed by atoms with E-state index in [1.165, 1.54) is 12.5 Å². The van der Waals surface area contributed by atoms with E-state index in [1.807, 2.05) is 13.8 Å². The second-order valence-corrected chi connectivity index (χ2v) is 9.57. The standard InChI is InChI=1S/C29H36N2O5/c1-4-24(5-2)36-27-16-23(29(33)34)14-25(28(27)31-18(3)32)30-17-19-6-8-20(9-7-19)22-11-10-21-12-13-35-26(21)15-22/h6-11,15-16,24-25,27-28,30H,4-5,12-14,17H2,1-3H3,(H,31,32)(H,33,34)/t25-,27+,28+/m0/s1. The Balaban J connectivity index is 1.48. The van der Waals surface area contributed by atoms with Gasteiger partial charge in [0.15, 0.2) is 0 Å². The van der Waals surface area contributed by atoms with Crippen LogP contribution >= 0.6 is 0 Å². The number of carboxylic acids is 1. The molecule has 3 N–H and O–H groups in total. The largest absolute Gasteiger partial charge is 0.493 e. The van der Waals surface area contributed by atoms with Crippen molar-refractivity contribution in [2.24, 2.45) is 0 Å². The van der Waals surface area contributed by atoms with E-state index in [4.69, 9.17) is 9.47 Å². The summed E-state index contributed by atoms with van der Waals surface area (Å²) in [5, 5.41) is 16.2. The Kier molecular flexibility index (Phi) is 8.44. The van der Waals surface area contributed by atoms with Crippen LogP contribution < -0.4 is 15.4 Å². The molecule has 0 bridgehead atoms. The molecule has 2 aliphatic rings. The summed E-state index contributed by atoms with van der Waals surface area (Å²) in [6.45, 7) is 6.85. The van der Waals surface area contributed by atoms with Gasteiger partial charge in [0.2, 0.25) is 5.91 Å². The molecule has 1 aliphatic heterocycles. The molecular weight excluding hydrogens is 456 g/mol. The van der Waals surface area contributed by atoms with E-state index in [0.29, 0.717) is 18.5 Å². The number of carbonyl (C=O) groups is 2. The fraction of sp³-hybridized carbons (Fsp3) is 0.448. The van der Waals surface area contributed by atoms with Gasteiger partial charge in [-0.15, -0.1) is 0 Å². The number of hydrogen-bond donors (Lipinski definition) is 3. The zero-order valence-electron chi connectivity index (χ0n) is 21.3. The number of hydrogen-bond acceptors (Lipinski definition) is 5. The summed E-state index contributed by atoms with van der Waals surface area (Å²) < 4.78 is 12.0. The molecule has 1 amide bonds. The molecule has 0 fully saturated rings. The van der Waals surface area contributed by atoms with E-state index in [2.05, 4.69) is 53.1 Å². The Hall–Kier alpha value is -3.16. The Labute approximate surface area is 212 Å². The predicted molar refractivity (Wildman–Crippen MR) is 139 cm³/mol. The van der Waals surface area contributed by atoms with Gasteiger partial charge < -0.3 is 25.2 Å². The third-order valence-corrected chi connectivity index (χ3v) is 7.05.